The summed E-state index contributed by atoms with van der Waals surface area (Å²) in [5.41, 5.74) is 0.891. The molecule has 3 aromatic rings. The van der Waals surface area contributed by atoms with Gasteiger partial charge in [-0.05, 0) is 24.3 Å². The third-order valence-corrected chi connectivity index (χ3v) is 3.18. The van der Waals surface area contributed by atoms with Crippen LogP contribution in [0.3, 0.4) is 0 Å². The van der Waals surface area contributed by atoms with Gasteiger partial charge in [-0.1, -0.05) is 17.3 Å². The summed E-state index contributed by atoms with van der Waals surface area (Å²) in [6.45, 7) is 2.01. The van der Waals surface area contributed by atoms with Gasteiger partial charge in [0.2, 0.25) is 5.89 Å². The summed E-state index contributed by atoms with van der Waals surface area (Å²) in [5, 5.41) is 15.8. The Labute approximate surface area is 137 Å². The first-order valence-corrected chi connectivity index (χ1v) is 7.15. The normalized spacial score (nSPS) is 10.2. The third-order valence-electron chi connectivity index (χ3n) is 3.18. The third kappa shape index (κ3) is 3.50. The highest BCUT2D eigenvalue weighted by Gasteiger charge is 2.09. The van der Waals surface area contributed by atoms with E-state index in [1.165, 1.54) is 12.1 Å². The maximum Gasteiger partial charge on any atom is 0.223 e. The van der Waals surface area contributed by atoms with E-state index in [0.29, 0.717) is 35.3 Å². The minimum absolute atomic E-state index is 0.0404. The molecule has 0 atom stereocenters. The van der Waals surface area contributed by atoms with E-state index in [-0.39, 0.29) is 5.75 Å². The van der Waals surface area contributed by atoms with Crippen LogP contribution >= 0.6 is 0 Å². The van der Waals surface area contributed by atoms with Gasteiger partial charge in [0.05, 0.1) is 12.1 Å². The molecule has 0 radical (unpaired) electrons. The van der Waals surface area contributed by atoms with Gasteiger partial charge in [-0.3, -0.25) is 0 Å². The van der Waals surface area contributed by atoms with Crippen LogP contribution in [0.2, 0.25) is 0 Å². The summed E-state index contributed by atoms with van der Waals surface area (Å²) in [4.78, 5) is 4.05. The second-order valence-corrected chi connectivity index (χ2v) is 4.94. The zero-order chi connectivity index (χ0) is 16.9. The lowest BCUT2D eigenvalue weighted by atomic mass is 10.2. The van der Waals surface area contributed by atoms with Crippen molar-refractivity contribution < 1.29 is 13.7 Å². The van der Waals surface area contributed by atoms with Crippen LogP contribution in [0, 0.1) is 24.1 Å². The number of nitrogens with zero attached hydrogens (tertiary/aromatic N) is 3. The number of benzene rings is 2. The number of aromatic nitrogens is 2. The summed E-state index contributed by atoms with van der Waals surface area (Å²) < 4.78 is 24.6. The van der Waals surface area contributed by atoms with E-state index < -0.39 is 5.82 Å². The van der Waals surface area contributed by atoms with Gasteiger partial charge in [-0.25, -0.2) is 4.39 Å². The number of halogens is 1. The van der Waals surface area contributed by atoms with Crippen molar-refractivity contribution in [2.75, 3.05) is 5.32 Å². The molecule has 0 saturated heterocycles. The van der Waals surface area contributed by atoms with Crippen LogP contribution in [0.4, 0.5) is 10.1 Å². The van der Waals surface area contributed by atoms with Crippen LogP contribution in [-0.4, -0.2) is 10.1 Å². The van der Waals surface area contributed by atoms with Crippen LogP contribution in [0.25, 0.3) is 0 Å². The molecule has 0 aliphatic heterocycles. The van der Waals surface area contributed by atoms with Gasteiger partial charge in [0.1, 0.15) is 11.8 Å². The molecular weight excluding hydrogens is 311 g/mol. The minimum Gasteiger partial charge on any atom is -0.453 e. The first-order valence-electron chi connectivity index (χ1n) is 7.15. The maximum absolute atomic E-state index is 14.2. The van der Waals surface area contributed by atoms with E-state index in [1.807, 2.05) is 6.07 Å². The van der Waals surface area contributed by atoms with E-state index in [0.717, 1.165) is 0 Å². The summed E-state index contributed by atoms with van der Waals surface area (Å²) in [6, 6.07) is 13.1. The van der Waals surface area contributed by atoms with Crippen molar-refractivity contribution in [2.24, 2.45) is 0 Å². The Bertz CT molecular complexity index is 902. The standard InChI is InChI=1S/C17H13FN4O2/c1-11-21-17(22-24-11)10-20-13-6-7-16(14(18)8-13)23-15-5-3-2-4-12(15)9-19/h2-8,20H,10H2,1H3. The van der Waals surface area contributed by atoms with E-state index in [9.17, 15) is 4.39 Å². The van der Waals surface area contributed by atoms with Crippen LogP contribution in [0.15, 0.2) is 47.0 Å². The molecule has 0 aliphatic rings. The molecule has 6 nitrogen and oxygen atoms in total. The second kappa shape index (κ2) is 6.79. The number of hydrogen-bond acceptors (Lipinski definition) is 6. The van der Waals surface area contributed by atoms with Crippen LogP contribution in [0.5, 0.6) is 11.5 Å². The molecule has 1 heterocycles. The molecule has 1 aromatic heterocycles. The molecule has 7 heteroatoms. The molecule has 0 unspecified atom stereocenters. The molecule has 24 heavy (non-hydrogen) atoms. The lowest BCUT2D eigenvalue weighted by Gasteiger charge is -2.10. The first-order chi connectivity index (χ1) is 11.7. The number of nitrogens with one attached hydrogen (secondary N) is 1. The fourth-order valence-electron chi connectivity index (χ4n) is 2.05. The van der Waals surface area contributed by atoms with Crippen LogP contribution < -0.4 is 10.1 Å². The Morgan fingerprint density at radius 2 is 2.08 bits per heavy atom. The SMILES string of the molecule is Cc1nc(CNc2ccc(Oc3ccccc3C#N)c(F)c2)no1. The Morgan fingerprint density at radius 1 is 1.25 bits per heavy atom. The van der Waals surface area contributed by atoms with Gasteiger partial charge in [-0.15, -0.1) is 0 Å². The Balaban J connectivity index is 1.71. The number of para-hydroxylation sites is 1. The zero-order valence-corrected chi connectivity index (χ0v) is 12.8. The van der Waals surface area contributed by atoms with Gasteiger partial charge >= 0.3 is 0 Å². The Morgan fingerprint density at radius 3 is 2.79 bits per heavy atom. The first kappa shape index (κ1) is 15.5. The van der Waals surface area contributed by atoms with E-state index in [4.69, 9.17) is 14.5 Å². The molecule has 0 saturated carbocycles. The average Bonchev–Trinajstić information content (AvgIpc) is 3.01. The molecule has 2 aromatic carbocycles. The molecule has 0 amide bonds. The fraction of sp³-hybridized carbons (Fsp3) is 0.118. The summed E-state index contributed by atoms with van der Waals surface area (Å²) in [7, 11) is 0. The number of hydrogen-bond donors (Lipinski definition) is 1. The highest BCUT2D eigenvalue weighted by molar-refractivity contribution is 5.50. The molecule has 1 N–H and O–H groups in total. The molecule has 0 aliphatic carbocycles. The predicted molar refractivity (Wildman–Crippen MR) is 84.0 cm³/mol. The molecular formula is C17H13FN4O2. The van der Waals surface area contributed by atoms with Crippen LogP contribution in [-0.2, 0) is 6.54 Å². The average molecular weight is 324 g/mol. The van der Waals surface area contributed by atoms with Crippen molar-refractivity contribution in [1.82, 2.24) is 10.1 Å². The number of aryl methyl sites for hydroxylation is 1. The van der Waals surface area contributed by atoms with Crippen molar-refractivity contribution in [3.63, 3.8) is 0 Å². The molecule has 0 spiro atoms. The highest BCUT2D eigenvalue weighted by Crippen LogP contribution is 2.28. The van der Waals surface area contributed by atoms with E-state index in [1.54, 1.807) is 37.3 Å². The van der Waals surface area contributed by atoms with Gasteiger partial charge in [-0.2, -0.15) is 10.2 Å². The zero-order valence-electron chi connectivity index (χ0n) is 12.8. The van der Waals surface area contributed by atoms with E-state index in [2.05, 4.69) is 15.5 Å². The maximum atomic E-state index is 14.2. The van der Waals surface area contributed by atoms with Gasteiger partial charge < -0.3 is 14.6 Å². The van der Waals surface area contributed by atoms with Crippen molar-refractivity contribution in [3.8, 4) is 17.6 Å². The Hall–Kier alpha value is -3.40. The predicted octanol–water partition coefficient (Wildman–Crippen LogP) is 3.79. The van der Waals surface area contributed by atoms with Crippen molar-refractivity contribution in [3.05, 3.63) is 65.6 Å². The van der Waals surface area contributed by atoms with Crippen molar-refractivity contribution in [1.29, 1.82) is 5.26 Å². The summed E-state index contributed by atoms with van der Waals surface area (Å²) in [5.74, 6) is 0.756. The number of ether oxygens (including phenoxy) is 1. The topological polar surface area (TPSA) is 84.0 Å². The Kier molecular flexibility index (Phi) is 4.38. The van der Waals surface area contributed by atoms with Crippen LogP contribution in [0.1, 0.15) is 17.3 Å². The molecule has 0 bridgehead atoms. The molecule has 120 valence electrons. The smallest absolute Gasteiger partial charge is 0.223 e. The van der Waals surface area contributed by atoms with Gasteiger partial charge in [0.15, 0.2) is 17.4 Å². The second-order valence-electron chi connectivity index (χ2n) is 4.94. The molecule has 0 fully saturated rings. The lowest BCUT2D eigenvalue weighted by molar-refractivity contribution is 0.388. The van der Waals surface area contributed by atoms with Gasteiger partial charge in [0.25, 0.3) is 0 Å². The number of rotatable bonds is 5. The minimum atomic E-state index is -0.544. The highest BCUT2D eigenvalue weighted by atomic mass is 19.1. The fourth-order valence-corrected chi connectivity index (χ4v) is 2.05. The number of nitriles is 1. The summed E-state index contributed by atoms with van der Waals surface area (Å²) >= 11 is 0. The summed E-state index contributed by atoms with van der Waals surface area (Å²) in [6.07, 6.45) is 0. The van der Waals surface area contributed by atoms with Crippen molar-refractivity contribution in [2.45, 2.75) is 13.5 Å². The van der Waals surface area contributed by atoms with E-state index >= 15 is 0 Å². The molecule has 3 rings (SSSR count). The largest absolute Gasteiger partial charge is 0.453 e. The van der Waals surface area contributed by atoms with Gasteiger partial charge in [0, 0.05) is 18.7 Å². The number of anilines is 1. The van der Waals surface area contributed by atoms with Crippen molar-refractivity contribution >= 4 is 5.69 Å². The quantitative estimate of drug-likeness (QED) is 0.768. The lowest BCUT2D eigenvalue weighted by Crippen LogP contribution is -2.02. The monoisotopic (exact) mass is 324 g/mol.